The van der Waals surface area contributed by atoms with Crippen LogP contribution in [-0.2, 0) is 11.3 Å². The van der Waals surface area contributed by atoms with Gasteiger partial charge in [0.05, 0.1) is 12.0 Å². The van der Waals surface area contributed by atoms with Crippen LogP contribution in [0.5, 0.6) is 0 Å². The number of carbonyl (C=O) groups excluding carboxylic acids is 1. The topological polar surface area (TPSA) is 23.6 Å². The van der Waals surface area contributed by atoms with Crippen molar-refractivity contribution in [1.29, 1.82) is 0 Å². The number of nitrogens with zero attached hydrogens (tertiary/aromatic N) is 2. The molecule has 0 aliphatic carbocycles. The zero-order valence-corrected chi connectivity index (χ0v) is 14.7. The van der Waals surface area contributed by atoms with E-state index in [0.717, 1.165) is 12.0 Å². The smallest absolute Gasteiger partial charge is 0.261 e. The summed E-state index contributed by atoms with van der Waals surface area (Å²) in [6.45, 7) is 3.69. The summed E-state index contributed by atoms with van der Waals surface area (Å²) in [5.41, 5.74) is -0.00883. The van der Waals surface area contributed by atoms with Gasteiger partial charge in [0.15, 0.2) is 0 Å². The molecule has 1 atom stereocenters. The van der Waals surface area contributed by atoms with Crippen LogP contribution in [0, 0.1) is 5.41 Å². The molecule has 2 heterocycles. The molecule has 1 aromatic carbocycles. The van der Waals surface area contributed by atoms with Gasteiger partial charge in [-0.25, -0.2) is 8.78 Å². The van der Waals surface area contributed by atoms with Crippen LogP contribution >= 0.6 is 11.6 Å². The van der Waals surface area contributed by atoms with Crippen molar-refractivity contribution in [2.24, 2.45) is 5.41 Å². The van der Waals surface area contributed by atoms with E-state index < -0.39 is 11.3 Å². The predicted molar refractivity (Wildman–Crippen MR) is 90.2 cm³/mol. The van der Waals surface area contributed by atoms with E-state index in [1.807, 2.05) is 19.1 Å². The van der Waals surface area contributed by atoms with Crippen LogP contribution < -0.4 is 0 Å². The van der Waals surface area contributed by atoms with E-state index in [4.69, 9.17) is 11.6 Å². The van der Waals surface area contributed by atoms with Crippen LogP contribution in [-0.4, -0.2) is 47.8 Å². The Labute approximate surface area is 146 Å². The number of halogens is 3. The molecule has 0 radical (unpaired) electrons. The molecule has 24 heavy (non-hydrogen) atoms. The van der Waals surface area contributed by atoms with Crippen molar-refractivity contribution in [2.75, 3.05) is 26.2 Å². The van der Waals surface area contributed by atoms with Crippen LogP contribution in [0.2, 0.25) is 5.02 Å². The van der Waals surface area contributed by atoms with E-state index in [1.54, 1.807) is 21.9 Å². The largest absolute Gasteiger partial charge is 0.342 e. The molecule has 3 rings (SSSR count). The van der Waals surface area contributed by atoms with Gasteiger partial charge >= 0.3 is 0 Å². The third kappa shape index (κ3) is 3.57. The number of carbonyl (C=O) groups is 1. The summed E-state index contributed by atoms with van der Waals surface area (Å²) in [4.78, 5) is 16.3. The molecule has 6 heteroatoms. The average Bonchev–Trinajstić information content (AvgIpc) is 2.51. The summed E-state index contributed by atoms with van der Waals surface area (Å²) in [6.07, 6.45) is 1.02. The lowest BCUT2D eigenvalue weighted by atomic mass is 9.71. The molecule has 2 aliphatic heterocycles. The lowest BCUT2D eigenvalue weighted by Crippen LogP contribution is -2.60. The molecular weight excluding hydrogens is 334 g/mol. The number of hydrogen-bond acceptors (Lipinski definition) is 2. The molecule has 0 saturated carbocycles. The first kappa shape index (κ1) is 17.6. The molecule has 1 amide bonds. The molecule has 2 aliphatic rings. The van der Waals surface area contributed by atoms with Crippen molar-refractivity contribution in [3.05, 3.63) is 34.9 Å². The first-order valence-corrected chi connectivity index (χ1v) is 8.85. The Morgan fingerprint density at radius 1 is 1.21 bits per heavy atom. The molecule has 2 saturated heterocycles. The van der Waals surface area contributed by atoms with Gasteiger partial charge in [0.2, 0.25) is 5.91 Å². The van der Waals surface area contributed by atoms with Gasteiger partial charge in [-0.1, -0.05) is 23.7 Å². The monoisotopic (exact) mass is 356 g/mol. The SMILES string of the molecule is CCN1CCC[C@@]2(CN(Cc3ccc(Cl)cc3)CC(F)(F)C2)C1=O. The zero-order chi connectivity index (χ0) is 17.4. The normalized spacial score (nSPS) is 27.7. The molecule has 2 fully saturated rings. The molecule has 1 aromatic rings. The highest BCUT2D eigenvalue weighted by Gasteiger charge is 2.54. The number of rotatable bonds is 3. The number of benzene rings is 1. The third-order valence-electron chi connectivity index (χ3n) is 5.10. The molecule has 0 bridgehead atoms. The van der Waals surface area contributed by atoms with Crippen LogP contribution in [0.25, 0.3) is 0 Å². The molecular formula is C18H23ClF2N2O. The Hall–Kier alpha value is -1.20. The Morgan fingerprint density at radius 2 is 1.92 bits per heavy atom. The average molecular weight is 357 g/mol. The summed E-state index contributed by atoms with van der Waals surface area (Å²) < 4.78 is 28.8. The van der Waals surface area contributed by atoms with Crippen molar-refractivity contribution in [1.82, 2.24) is 9.80 Å². The lowest BCUT2D eigenvalue weighted by Gasteiger charge is -2.49. The lowest BCUT2D eigenvalue weighted by molar-refractivity contribution is -0.170. The number of piperidine rings is 2. The highest BCUT2D eigenvalue weighted by atomic mass is 35.5. The number of likely N-dealkylation sites (tertiary alicyclic amines) is 2. The molecule has 0 aromatic heterocycles. The second-order valence-electron chi connectivity index (χ2n) is 7.07. The fourth-order valence-electron chi connectivity index (χ4n) is 4.14. The summed E-state index contributed by atoms with van der Waals surface area (Å²) in [6, 6.07) is 7.23. The fraction of sp³-hybridized carbons (Fsp3) is 0.611. The minimum absolute atomic E-state index is 0.100. The number of alkyl halides is 2. The van der Waals surface area contributed by atoms with Crippen molar-refractivity contribution in [3.8, 4) is 0 Å². The van der Waals surface area contributed by atoms with Crippen LogP contribution in [0.1, 0.15) is 31.7 Å². The standard InChI is InChI=1S/C18H23ClF2N2O/c1-2-23-9-3-8-17(16(23)24)11-18(20,21)13-22(12-17)10-14-4-6-15(19)7-5-14/h4-7H,2-3,8-13H2,1H3/t17-/m1/s1. The van der Waals surface area contributed by atoms with Gasteiger partial charge in [0, 0.05) is 37.6 Å². The highest BCUT2D eigenvalue weighted by Crippen LogP contribution is 2.45. The minimum atomic E-state index is -2.84. The maximum Gasteiger partial charge on any atom is 0.261 e. The molecule has 3 nitrogen and oxygen atoms in total. The van der Waals surface area contributed by atoms with E-state index in [1.165, 1.54) is 0 Å². The second-order valence-corrected chi connectivity index (χ2v) is 7.51. The Morgan fingerprint density at radius 3 is 2.58 bits per heavy atom. The van der Waals surface area contributed by atoms with E-state index in [9.17, 15) is 13.6 Å². The maximum absolute atomic E-state index is 14.4. The zero-order valence-electron chi connectivity index (χ0n) is 13.9. The van der Waals surface area contributed by atoms with E-state index in [0.29, 0.717) is 37.6 Å². The molecule has 0 unspecified atom stereocenters. The van der Waals surface area contributed by atoms with Gasteiger partial charge in [0.25, 0.3) is 5.92 Å². The second kappa shape index (κ2) is 6.60. The Bertz CT molecular complexity index is 608. The first-order valence-electron chi connectivity index (χ1n) is 8.48. The summed E-state index contributed by atoms with van der Waals surface area (Å²) in [5, 5.41) is 0.625. The van der Waals surface area contributed by atoms with Gasteiger partial charge in [0.1, 0.15) is 0 Å². The van der Waals surface area contributed by atoms with E-state index in [-0.39, 0.29) is 18.9 Å². The van der Waals surface area contributed by atoms with Crippen LogP contribution in [0.15, 0.2) is 24.3 Å². The molecule has 1 spiro atoms. The van der Waals surface area contributed by atoms with Gasteiger partial charge in [-0.05, 0) is 37.5 Å². The van der Waals surface area contributed by atoms with Gasteiger partial charge < -0.3 is 4.90 Å². The van der Waals surface area contributed by atoms with Crippen LogP contribution in [0.4, 0.5) is 8.78 Å². The number of hydrogen-bond donors (Lipinski definition) is 0. The predicted octanol–water partition coefficient (Wildman–Crippen LogP) is 3.81. The van der Waals surface area contributed by atoms with Gasteiger partial charge in [-0.15, -0.1) is 0 Å². The quantitative estimate of drug-likeness (QED) is 0.822. The van der Waals surface area contributed by atoms with Crippen LogP contribution in [0.3, 0.4) is 0 Å². The van der Waals surface area contributed by atoms with Crippen molar-refractivity contribution >= 4 is 17.5 Å². The number of amides is 1. The molecule has 0 N–H and O–H groups in total. The van der Waals surface area contributed by atoms with E-state index in [2.05, 4.69) is 0 Å². The van der Waals surface area contributed by atoms with Gasteiger partial charge in [-0.3, -0.25) is 9.69 Å². The van der Waals surface area contributed by atoms with Crippen molar-refractivity contribution in [2.45, 2.75) is 38.7 Å². The summed E-state index contributed by atoms with van der Waals surface area (Å²) in [5.74, 6) is -2.94. The van der Waals surface area contributed by atoms with Crippen molar-refractivity contribution in [3.63, 3.8) is 0 Å². The molecule has 132 valence electrons. The van der Waals surface area contributed by atoms with E-state index >= 15 is 0 Å². The maximum atomic E-state index is 14.4. The minimum Gasteiger partial charge on any atom is -0.342 e. The Balaban J connectivity index is 1.81. The van der Waals surface area contributed by atoms with Crippen molar-refractivity contribution < 1.29 is 13.6 Å². The van der Waals surface area contributed by atoms with Gasteiger partial charge in [-0.2, -0.15) is 0 Å². The summed E-state index contributed by atoms with van der Waals surface area (Å²) >= 11 is 5.88. The Kier molecular flexibility index (Phi) is 4.85. The summed E-state index contributed by atoms with van der Waals surface area (Å²) in [7, 11) is 0. The highest BCUT2D eigenvalue weighted by molar-refractivity contribution is 6.30. The fourth-order valence-corrected chi connectivity index (χ4v) is 4.27. The first-order chi connectivity index (χ1) is 11.3. The third-order valence-corrected chi connectivity index (χ3v) is 5.36.